The van der Waals surface area contributed by atoms with E-state index in [1.54, 1.807) is 0 Å². The Hall–Kier alpha value is -1.15. The molecule has 0 radical (unpaired) electrons. The zero-order valence-electron chi connectivity index (χ0n) is 13.7. The summed E-state index contributed by atoms with van der Waals surface area (Å²) in [7, 11) is 2.31. The van der Waals surface area contributed by atoms with E-state index in [1.165, 1.54) is 32.1 Å². The molecule has 1 atom stereocenters. The van der Waals surface area contributed by atoms with Crippen molar-refractivity contribution in [1.29, 1.82) is 0 Å². The number of benzene rings is 1. The lowest BCUT2D eigenvalue weighted by Crippen LogP contribution is -2.56. The fourth-order valence-corrected chi connectivity index (χ4v) is 3.64. The molecular formula is C19H30NO+. The monoisotopic (exact) mass is 288 g/mol. The zero-order chi connectivity index (χ0) is 15.1. The van der Waals surface area contributed by atoms with Crippen LogP contribution in [0.25, 0.3) is 0 Å². The molecule has 2 nitrogen and oxygen atoms in total. The number of likely N-dealkylation sites (tertiary alicyclic amines) is 1. The summed E-state index contributed by atoms with van der Waals surface area (Å²) >= 11 is 0. The maximum atomic E-state index is 13.1. The fourth-order valence-electron chi connectivity index (χ4n) is 3.64. The second-order valence-electron chi connectivity index (χ2n) is 6.73. The van der Waals surface area contributed by atoms with Crippen molar-refractivity contribution in [2.24, 2.45) is 0 Å². The van der Waals surface area contributed by atoms with Crippen molar-refractivity contribution in [1.82, 2.24) is 0 Å². The molecule has 0 aromatic heterocycles. The van der Waals surface area contributed by atoms with Gasteiger partial charge in [0.25, 0.3) is 0 Å². The molecule has 21 heavy (non-hydrogen) atoms. The zero-order valence-corrected chi connectivity index (χ0v) is 13.7. The molecular weight excluding hydrogens is 258 g/mol. The van der Waals surface area contributed by atoms with Crippen LogP contribution in [0.4, 0.5) is 0 Å². The molecule has 0 saturated carbocycles. The van der Waals surface area contributed by atoms with Gasteiger partial charge < -0.3 is 4.48 Å². The molecule has 2 heteroatoms. The highest BCUT2D eigenvalue weighted by molar-refractivity contribution is 5.99. The van der Waals surface area contributed by atoms with Gasteiger partial charge in [-0.05, 0) is 32.1 Å². The van der Waals surface area contributed by atoms with Crippen LogP contribution >= 0.6 is 0 Å². The quantitative estimate of drug-likeness (QED) is 0.558. The van der Waals surface area contributed by atoms with E-state index >= 15 is 0 Å². The molecule has 1 fully saturated rings. The van der Waals surface area contributed by atoms with Gasteiger partial charge >= 0.3 is 0 Å². The first kappa shape index (κ1) is 16.2. The number of Topliss-reactive ketones (excluding diaryl/α,β-unsaturated/α-hetero) is 1. The van der Waals surface area contributed by atoms with Gasteiger partial charge in [0.2, 0.25) is 5.78 Å². The summed E-state index contributed by atoms with van der Waals surface area (Å²) in [5, 5.41) is 0. The van der Waals surface area contributed by atoms with Gasteiger partial charge in [-0.1, -0.05) is 43.7 Å². The van der Waals surface area contributed by atoms with E-state index in [0.29, 0.717) is 5.78 Å². The van der Waals surface area contributed by atoms with Crippen LogP contribution < -0.4 is 0 Å². The van der Waals surface area contributed by atoms with Crippen molar-refractivity contribution in [2.75, 3.05) is 20.1 Å². The van der Waals surface area contributed by atoms with Crippen LogP contribution in [0.15, 0.2) is 30.3 Å². The lowest BCUT2D eigenvalue weighted by Gasteiger charge is -2.40. The van der Waals surface area contributed by atoms with Crippen LogP contribution in [0.2, 0.25) is 0 Å². The van der Waals surface area contributed by atoms with E-state index in [1.807, 2.05) is 30.3 Å². The Balaban J connectivity index is 2.22. The maximum absolute atomic E-state index is 13.1. The van der Waals surface area contributed by atoms with Gasteiger partial charge in [0.05, 0.1) is 20.1 Å². The summed E-state index contributed by atoms with van der Waals surface area (Å²) in [6, 6.07) is 10.0. The van der Waals surface area contributed by atoms with Crippen LogP contribution in [-0.4, -0.2) is 36.4 Å². The Morgan fingerprint density at radius 1 is 1.10 bits per heavy atom. The van der Waals surface area contributed by atoms with Gasteiger partial charge in [-0.2, -0.15) is 0 Å². The lowest BCUT2D eigenvalue weighted by atomic mass is 9.95. The molecule has 1 aromatic carbocycles. The topological polar surface area (TPSA) is 17.1 Å². The Bertz CT molecular complexity index is 432. The van der Waals surface area contributed by atoms with Crippen molar-refractivity contribution in [3.8, 4) is 0 Å². The molecule has 0 bridgehead atoms. The molecule has 116 valence electrons. The summed E-state index contributed by atoms with van der Waals surface area (Å²) in [5.74, 6) is 0.355. The van der Waals surface area contributed by atoms with Gasteiger partial charge in [-0.15, -0.1) is 0 Å². The van der Waals surface area contributed by atoms with Gasteiger partial charge in [0, 0.05) is 12.0 Å². The summed E-state index contributed by atoms with van der Waals surface area (Å²) in [6.07, 6.45) is 8.53. The summed E-state index contributed by atoms with van der Waals surface area (Å²) in [5.41, 5.74) is 0.891. The second-order valence-corrected chi connectivity index (χ2v) is 6.73. The molecule has 0 amide bonds. The highest BCUT2D eigenvalue weighted by Gasteiger charge is 2.38. The summed E-state index contributed by atoms with van der Waals surface area (Å²) in [4.78, 5) is 13.1. The Morgan fingerprint density at radius 3 is 2.29 bits per heavy atom. The van der Waals surface area contributed by atoms with E-state index in [4.69, 9.17) is 0 Å². The maximum Gasteiger partial charge on any atom is 0.219 e. The predicted octanol–water partition coefficient (Wildman–Crippen LogP) is 4.45. The third-order valence-corrected chi connectivity index (χ3v) is 5.03. The van der Waals surface area contributed by atoms with Crippen molar-refractivity contribution >= 4 is 5.78 Å². The summed E-state index contributed by atoms with van der Waals surface area (Å²) < 4.78 is 0.952. The molecule has 0 aliphatic carbocycles. The number of hydrogen-bond acceptors (Lipinski definition) is 1. The van der Waals surface area contributed by atoms with Crippen LogP contribution in [0.5, 0.6) is 0 Å². The summed E-state index contributed by atoms with van der Waals surface area (Å²) in [6.45, 7) is 4.53. The lowest BCUT2D eigenvalue weighted by molar-refractivity contribution is -0.923. The number of carbonyl (C=O) groups excluding carboxylic acids is 1. The molecule has 1 heterocycles. The van der Waals surface area contributed by atoms with Gasteiger partial charge in [-0.25, -0.2) is 0 Å². The number of quaternary nitrogens is 1. The number of rotatable bonds is 6. The minimum Gasteiger partial charge on any atom is -0.317 e. The largest absolute Gasteiger partial charge is 0.317 e. The Kier molecular flexibility index (Phi) is 5.98. The second kappa shape index (κ2) is 7.74. The van der Waals surface area contributed by atoms with E-state index < -0.39 is 0 Å². The van der Waals surface area contributed by atoms with Gasteiger partial charge in [0.1, 0.15) is 0 Å². The van der Waals surface area contributed by atoms with Gasteiger partial charge in [0.15, 0.2) is 6.04 Å². The minimum atomic E-state index is 0.144. The van der Waals surface area contributed by atoms with Gasteiger partial charge in [-0.3, -0.25) is 4.79 Å². The molecule has 1 unspecified atom stereocenters. The van der Waals surface area contributed by atoms with Crippen LogP contribution in [0.1, 0.15) is 62.2 Å². The molecule has 2 rings (SSSR count). The number of ketones is 1. The third-order valence-electron chi connectivity index (χ3n) is 5.03. The normalized spacial score (nSPS) is 19.7. The molecule has 0 N–H and O–H groups in total. The van der Waals surface area contributed by atoms with Crippen molar-refractivity contribution in [3.05, 3.63) is 35.9 Å². The first-order valence-corrected chi connectivity index (χ1v) is 8.61. The van der Waals surface area contributed by atoms with Crippen LogP contribution in [0.3, 0.4) is 0 Å². The molecule has 1 aliphatic rings. The fraction of sp³-hybridized carbons (Fsp3) is 0.632. The van der Waals surface area contributed by atoms with Crippen LogP contribution in [-0.2, 0) is 0 Å². The first-order chi connectivity index (χ1) is 10.2. The molecule has 1 aromatic rings. The van der Waals surface area contributed by atoms with E-state index in [2.05, 4.69) is 14.0 Å². The first-order valence-electron chi connectivity index (χ1n) is 8.61. The van der Waals surface area contributed by atoms with Crippen molar-refractivity contribution < 1.29 is 9.28 Å². The smallest absolute Gasteiger partial charge is 0.219 e. The number of likely N-dealkylation sites (N-methyl/N-ethyl adjacent to an activating group) is 1. The molecule has 0 spiro atoms. The van der Waals surface area contributed by atoms with Crippen LogP contribution in [0, 0.1) is 0 Å². The average Bonchev–Trinajstić information content (AvgIpc) is 2.74. The highest BCUT2D eigenvalue weighted by Crippen LogP contribution is 2.25. The van der Waals surface area contributed by atoms with Crippen molar-refractivity contribution in [3.63, 3.8) is 0 Å². The highest BCUT2D eigenvalue weighted by atomic mass is 16.1. The SMILES string of the molecule is CCCCC(C(=O)c1ccccc1)[N+]1(C)CCCCCC1. The third kappa shape index (κ3) is 4.16. The standard InChI is InChI=1S/C19H30NO/c1-3-4-14-18(19(21)17-12-8-7-9-13-17)20(2)15-10-5-6-11-16-20/h7-9,12-13,18H,3-6,10-11,14-16H2,1-2H3/q+1. The number of hydrogen-bond donors (Lipinski definition) is 0. The number of nitrogens with zero attached hydrogens (tertiary/aromatic N) is 1. The molecule has 1 aliphatic heterocycles. The van der Waals surface area contributed by atoms with E-state index in [-0.39, 0.29) is 6.04 Å². The number of carbonyl (C=O) groups is 1. The van der Waals surface area contributed by atoms with E-state index in [0.717, 1.165) is 36.0 Å². The van der Waals surface area contributed by atoms with E-state index in [9.17, 15) is 4.79 Å². The predicted molar refractivity (Wildman–Crippen MR) is 88.5 cm³/mol. The Morgan fingerprint density at radius 2 is 1.71 bits per heavy atom. The minimum absolute atomic E-state index is 0.144. The van der Waals surface area contributed by atoms with Crippen molar-refractivity contribution in [2.45, 2.75) is 57.9 Å². The Labute approximate surface area is 129 Å². The average molecular weight is 288 g/mol. The number of unbranched alkanes of at least 4 members (excludes halogenated alkanes) is 1. The molecule has 1 saturated heterocycles.